The fraction of sp³-hybridized carbons (Fsp3) is 1.00. The Bertz CT molecular complexity index is 203. The summed E-state index contributed by atoms with van der Waals surface area (Å²) in [7, 11) is 0. The van der Waals surface area contributed by atoms with Crippen molar-refractivity contribution in [2.45, 2.75) is 70.9 Å². The van der Waals surface area contributed by atoms with Gasteiger partial charge in [-0.1, -0.05) is 26.7 Å². The minimum absolute atomic E-state index is 0.825. The number of piperidine rings is 1. The maximum Gasteiger partial charge on any atom is 0.0224 e. The molecule has 2 aliphatic rings. The molecule has 1 saturated heterocycles. The molecule has 100 valence electrons. The van der Waals surface area contributed by atoms with Crippen molar-refractivity contribution in [1.82, 2.24) is 10.2 Å². The van der Waals surface area contributed by atoms with E-state index < -0.39 is 0 Å². The Labute approximate surface area is 107 Å². The van der Waals surface area contributed by atoms with Crippen molar-refractivity contribution in [1.29, 1.82) is 0 Å². The molecule has 17 heavy (non-hydrogen) atoms. The fourth-order valence-electron chi connectivity index (χ4n) is 3.42. The highest BCUT2D eigenvalue weighted by atomic mass is 15.2. The smallest absolute Gasteiger partial charge is 0.0224 e. The van der Waals surface area contributed by atoms with E-state index in [0.29, 0.717) is 0 Å². The van der Waals surface area contributed by atoms with Crippen molar-refractivity contribution < 1.29 is 0 Å². The molecule has 1 heterocycles. The first kappa shape index (κ1) is 13.4. The highest BCUT2D eigenvalue weighted by Gasteiger charge is 2.29. The van der Waals surface area contributed by atoms with Gasteiger partial charge in [-0.2, -0.15) is 0 Å². The van der Waals surface area contributed by atoms with Gasteiger partial charge in [-0.25, -0.2) is 0 Å². The minimum Gasteiger partial charge on any atom is -0.315 e. The highest BCUT2D eigenvalue weighted by molar-refractivity contribution is 4.86. The van der Waals surface area contributed by atoms with Crippen LogP contribution in [0.15, 0.2) is 0 Å². The van der Waals surface area contributed by atoms with Gasteiger partial charge in [0, 0.05) is 18.6 Å². The lowest BCUT2D eigenvalue weighted by Crippen LogP contribution is -2.50. The summed E-state index contributed by atoms with van der Waals surface area (Å²) in [4.78, 5) is 2.86. The standard InChI is InChI=1S/C15H30N2/c1-13(2)9-11-17(14-6-3-4-7-14)15-8-5-10-16-12-15/h13-16H,3-12H2,1-2H3. The Morgan fingerprint density at radius 3 is 2.35 bits per heavy atom. The first-order chi connectivity index (χ1) is 8.27. The van der Waals surface area contributed by atoms with Crippen molar-refractivity contribution in [2.75, 3.05) is 19.6 Å². The molecule has 1 saturated carbocycles. The van der Waals surface area contributed by atoms with Crippen LogP contribution in [0.1, 0.15) is 58.8 Å². The third kappa shape index (κ3) is 3.96. The van der Waals surface area contributed by atoms with Gasteiger partial charge in [-0.05, 0) is 51.1 Å². The number of nitrogens with zero attached hydrogens (tertiary/aromatic N) is 1. The van der Waals surface area contributed by atoms with Gasteiger partial charge < -0.3 is 5.32 Å². The number of rotatable bonds is 5. The average molecular weight is 238 g/mol. The molecule has 1 unspecified atom stereocenters. The molecule has 1 aliphatic heterocycles. The molecule has 0 radical (unpaired) electrons. The third-order valence-electron chi connectivity index (χ3n) is 4.50. The van der Waals surface area contributed by atoms with Gasteiger partial charge in [0.05, 0.1) is 0 Å². The lowest BCUT2D eigenvalue weighted by atomic mass is 10.0. The maximum atomic E-state index is 3.58. The molecule has 2 rings (SSSR count). The molecule has 1 N–H and O–H groups in total. The van der Waals surface area contributed by atoms with Crippen LogP contribution in [0.2, 0.25) is 0 Å². The summed E-state index contributed by atoms with van der Waals surface area (Å²) in [5.41, 5.74) is 0. The van der Waals surface area contributed by atoms with E-state index in [9.17, 15) is 0 Å². The molecule has 0 spiro atoms. The second-order valence-electron chi connectivity index (χ2n) is 6.36. The van der Waals surface area contributed by atoms with Crippen molar-refractivity contribution in [2.24, 2.45) is 5.92 Å². The van der Waals surface area contributed by atoms with Crippen LogP contribution in [0, 0.1) is 5.92 Å². The molecule has 2 nitrogen and oxygen atoms in total. The van der Waals surface area contributed by atoms with Gasteiger partial charge in [0.2, 0.25) is 0 Å². The highest BCUT2D eigenvalue weighted by Crippen LogP contribution is 2.27. The first-order valence-corrected chi connectivity index (χ1v) is 7.74. The summed E-state index contributed by atoms with van der Waals surface area (Å²) in [5.74, 6) is 0.843. The summed E-state index contributed by atoms with van der Waals surface area (Å²) in [5, 5.41) is 3.58. The molecule has 0 aromatic heterocycles. The second-order valence-corrected chi connectivity index (χ2v) is 6.36. The minimum atomic E-state index is 0.825. The molecule has 1 atom stereocenters. The normalized spacial score (nSPS) is 27.2. The van der Waals surface area contributed by atoms with Crippen molar-refractivity contribution in [3.05, 3.63) is 0 Å². The number of hydrogen-bond donors (Lipinski definition) is 1. The Kier molecular flexibility index (Phi) is 5.30. The SMILES string of the molecule is CC(C)CCN(C1CCCC1)C1CCCNC1. The quantitative estimate of drug-likeness (QED) is 0.792. The van der Waals surface area contributed by atoms with Gasteiger partial charge in [0.1, 0.15) is 0 Å². The zero-order valence-electron chi connectivity index (χ0n) is 11.8. The van der Waals surface area contributed by atoms with E-state index in [1.807, 2.05) is 0 Å². The molecule has 2 fully saturated rings. The number of hydrogen-bond acceptors (Lipinski definition) is 2. The molecule has 0 aromatic carbocycles. The monoisotopic (exact) mass is 238 g/mol. The van der Waals surface area contributed by atoms with Gasteiger partial charge >= 0.3 is 0 Å². The van der Waals surface area contributed by atoms with Crippen LogP contribution >= 0.6 is 0 Å². The Morgan fingerprint density at radius 1 is 1.06 bits per heavy atom. The maximum absolute atomic E-state index is 3.58. The zero-order chi connectivity index (χ0) is 12.1. The fourth-order valence-corrected chi connectivity index (χ4v) is 3.42. The largest absolute Gasteiger partial charge is 0.315 e. The van der Waals surface area contributed by atoms with Crippen LogP contribution in [0.5, 0.6) is 0 Å². The molecule has 0 aromatic rings. The van der Waals surface area contributed by atoms with E-state index in [0.717, 1.165) is 18.0 Å². The predicted octanol–water partition coefficient (Wildman–Crippen LogP) is 3.03. The Morgan fingerprint density at radius 2 is 1.76 bits per heavy atom. The summed E-state index contributed by atoms with van der Waals surface area (Å²) in [6, 6.07) is 1.73. The van der Waals surface area contributed by atoms with Crippen LogP contribution in [-0.2, 0) is 0 Å². The van der Waals surface area contributed by atoms with Crippen LogP contribution in [0.25, 0.3) is 0 Å². The number of nitrogens with one attached hydrogen (secondary N) is 1. The van der Waals surface area contributed by atoms with Crippen molar-refractivity contribution in [3.8, 4) is 0 Å². The van der Waals surface area contributed by atoms with E-state index in [1.54, 1.807) is 0 Å². The van der Waals surface area contributed by atoms with Crippen LogP contribution in [0.4, 0.5) is 0 Å². The lowest BCUT2D eigenvalue weighted by Gasteiger charge is -2.39. The molecular weight excluding hydrogens is 208 g/mol. The summed E-state index contributed by atoms with van der Waals surface area (Å²) in [6.07, 6.45) is 9.99. The van der Waals surface area contributed by atoms with E-state index in [1.165, 1.54) is 64.6 Å². The van der Waals surface area contributed by atoms with Gasteiger partial charge in [0.15, 0.2) is 0 Å². The summed E-state index contributed by atoms with van der Waals surface area (Å²) in [6.45, 7) is 8.50. The Hall–Kier alpha value is -0.0800. The zero-order valence-corrected chi connectivity index (χ0v) is 11.8. The van der Waals surface area contributed by atoms with Crippen LogP contribution < -0.4 is 5.32 Å². The van der Waals surface area contributed by atoms with Gasteiger partial charge in [0.25, 0.3) is 0 Å². The van der Waals surface area contributed by atoms with E-state index in [-0.39, 0.29) is 0 Å². The topological polar surface area (TPSA) is 15.3 Å². The molecule has 0 bridgehead atoms. The lowest BCUT2D eigenvalue weighted by molar-refractivity contribution is 0.108. The molecule has 0 amide bonds. The van der Waals surface area contributed by atoms with E-state index in [4.69, 9.17) is 0 Å². The average Bonchev–Trinajstić information content (AvgIpc) is 2.84. The predicted molar refractivity (Wildman–Crippen MR) is 74.3 cm³/mol. The van der Waals surface area contributed by atoms with E-state index >= 15 is 0 Å². The third-order valence-corrected chi connectivity index (χ3v) is 4.50. The van der Waals surface area contributed by atoms with Crippen molar-refractivity contribution >= 4 is 0 Å². The summed E-state index contributed by atoms with van der Waals surface area (Å²) >= 11 is 0. The first-order valence-electron chi connectivity index (χ1n) is 7.74. The molecule has 2 heteroatoms. The molecule has 1 aliphatic carbocycles. The van der Waals surface area contributed by atoms with Crippen LogP contribution in [0.3, 0.4) is 0 Å². The van der Waals surface area contributed by atoms with E-state index in [2.05, 4.69) is 24.1 Å². The second kappa shape index (κ2) is 6.75. The summed E-state index contributed by atoms with van der Waals surface area (Å²) < 4.78 is 0. The molecular formula is C15H30N2. The van der Waals surface area contributed by atoms with Gasteiger partial charge in [-0.15, -0.1) is 0 Å². The Balaban J connectivity index is 1.89. The van der Waals surface area contributed by atoms with Crippen LogP contribution in [-0.4, -0.2) is 36.6 Å². The van der Waals surface area contributed by atoms with Crippen molar-refractivity contribution in [3.63, 3.8) is 0 Å². The van der Waals surface area contributed by atoms with Gasteiger partial charge in [-0.3, -0.25) is 4.90 Å².